The Morgan fingerprint density at radius 1 is 1.23 bits per heavy atom. The summed E-state index contributed by atoms with van der Waals surface area (Å²) in [6.45, 7) is 5.41. The van der Waals surface area contributed by atoms with Crippen LogP contribution >= 0.6 is 22.9 Å². The molecule has 26 heavy (non-hydrogen) atoms. The number of aromatic nitrogens is 1. The fraction of sp³-hybridized carbons (Fsp3) is 0.300. The normalized spacial score (nSPS) is 11.3. The molecule has 0 aliphatic heterocycles. The number of carbonyl (C=O) groups excluding carboxylic acids is 1. The number of benzene rings is 2. The lowest BCUT2D eigenvalue weighted by atomic mass is 10.0. The van der Waals surface area contributed by atoms with Crippen LogP contribution in [0.4, 0.5) is 5.13 Å². The van der Waals surface area contributed by atoms with E-state index in [9.17, 15) is 4.79 Å². The Labute approximate surface area is 163 Å². The number of carbonyl (C=O) groups is 1. The minimum Gasteiger partial charge on any atom is -0.338 e. The number of anilines is 1. The van der Waals surface area contributed by atoms with Crippen molar-refractivity contribution in [3.05, 3.63) is 58.1 Å². The third kappa shape index (κ3) is 3.90. The maximum Gasteiger partial charge on any atom is 0.260 e. The Kier molecular flexibility index (Phi) is 5.61. The van der Waals surface area contributed by atoms with Crippen molar-refractivity contribution in [2.75, 3.05) is 32.1 Å². The van der Waals surface area contributed by atoms with Gasteiger partial charge in [-0.3, -0.25) is 9.69 Å². The summed E-state index contributed by atoms with van der Waals surface area (Å²) in [6, 6.07) is 11.7. The number of amides is 1. The first-order valence-corrected chi connectivity index (χ1v) is 9.79. The van der Waals surface area contributed by atoms with Crippen molar-refractivity contribution in [2.45, 2.75) is 13.8 Å². The average Bonchev–Trinajstić information content (AvgIpc) is 3.02. The van der Waals surface area contributed by atoms with Gasteiger partial charge in [0.05, 0.1) is 36.9 Å². The Bertz CT molecular complexity index is 951. The van der Waals surface area contributed by atoms with Crippen molar-refractivity contribution in [2.24, 2.45) is 0 Å². The summed E-state index contributed by atoms with van der Waals surface area (Å²) in [5, 5.41) is 1.31. The first-order chi connectivity index (χ1) is 12.4. The Hall–Kier alpha value is -1.95. The number of thiazole rings is 1. The second kappa shape index (κ2) is 7.74. The molecule has 4 nitrogen and oxygen atoms in total. The number of nitrogens with one attached hydrogen (secondary N) is 1. The fourth-order valence-electron chi connectivity index (χ4n) is 2.75. The van der Waals surface area contributed by atoms with Crippen molar-refractivity contribution < 1.29 is 9.69 Å². The van der Waals surface area contributed by atoms with Crippen molar-refractivity contribution in [1.29, 1.82) is 0 Å². The number of hydrogen-bond donors (Lipinski definition) is 1. The molecule has 1 aromatic heterocycles. The van der Waals surface area contributed by atoms with E-state index < -0.39 is 0 Å². The number of likely N-dealkylation sites (N-methyl/N-ethyl adjacent to an activating group) is 1. The van der Waals surface area contributed by atoms with Crippen LogP contribution in [0, 0.1) is 13.8 Å². The molecule has 6 heteroatoms. The van der Waals surface area contributed by atoms with E-state index in [-0.39, 0.29) is 5.91 Å². The second-order valence-corrected chi connectivity index (χ2v) is 8.23. The SMILES string of the molecule is Cc1ccc(C)c(C(=O)N(CC[NH+](C)C)c2nc3c(Cl)cccc3s2)c1. The van der Waals surface area contributed by atoms with Crippen molar-refractivity contribution in [1.82, 2.24) is 4.98 Å². The molecule has 2 aromatic carbocycles. The van der Waals surface area contributed by atoms with E-state index in [4.69, 9.17) is 11.6 Å². The molecule has 0 fully saturated rings. The lowest BCUT2D eigenvalue weighted by molar-refractivity contribution is -0.856. The Balaban J connectivity index is 2.04. The molecule has 0 unspecified atom stereocenters. The number of rotatable bonds is 5. The monoisotopic (exact) mass is 388 g/mol. The zero-order chi connectivity index (χ0) is 18.8. The van der Waals surface area contributed by atoms with E-state index in [1.54, 1.807) is 4.90 Å². The molecule has 0 aliphatic carbocycles. The van der Waals surface area contributed by atoms with E-state index in [2.05, 4.69) is 19.1 Å². The highest BCUT2D eigenvalue weighted by Gasteiger charge is 2.24. The van der Waals surface area contributed by atoms with E-state index in [1.807, 2.05) is 50.2 Å². The molecular weight excluding hydrogens is 366 g/mol. The number of halogens is 1. The molecule has 136 valence electrons. The molecule has 1 amide bonds. The van der Waals surface area contributed by atoms with Crippen LogP contribution < -0.4 is 9.80 Å². The van der Waals surface area contributed by atoms with Crippen LogP contribution in [0.2, 0.25) is 5.02 Å². The largest absolute Gasteiger partial charge is 0.338 e. The van der Waals surface area contributed by atoms with Crippen LogP contribution in [-0.2, 0) is 0 Å². The summed E-state index contributed by atoms with van der Waals surface area (Å²) in [7, 11) is 4.16. The van der Waals surface area contributed by atoms with Gasteiger partial charge in [0.2, 0.25) is 0 Å². The van der Waals surface area contributed by atoms with Crippen LogP contribution in [0.5, 0.6) is 0 Å². The molecule has 3 rings (SSSR count). The van der Waals surface area contributed by atoms with Gasteiger partial charge in [-0.1, -0.05) is 46.7 Å². The lowest BCUT2D eigenvalue weighted by Crippen LogP contribution is -3.06. The minimum atomic E-state index is -0.0115. The standard InChI is InChI=1S/C20H22ClN3OS/c1-13-8-9-14(2)15(12-13)19(25)24(11-10-23(3)4)20-22-18-16(21)6-5-7-17(18)26-20/h5-9,12H,10-11H2,1-4H3/p+1. The zero-order valence-corrected chi connectivity index (χ0v) is 17.0. The topological polar surface area (TPSA) is 37.6 Å². The zero-order valence-electron chi connectivity index (χ0n) is 15.5. The molecule has 0 atom stereocenters. The number of hydrogen-bond acceptors (Lipinski definition) is 3. The Morgan fingerprint density at radius 2 is 2.00 bits per heavy atom. The van der Waals surface area contributed by atoms with E-state index in [0.717, 1.165) is 33.5 Å². The molecule has 1 N–H and O–H groups in total. The summed E-state index contributed by atoms with van der Waals surface area (Å²) in [5.41, 5.74) is 3.53. The van der Waals surface area contributed by atoms with Crippen LogP contribution in [0.15, 0.2) is 36.4 Å². The van der Waals surface area contributed by atoms with Gasteiger partial charge in [-0.25, -0.2) is 4.98 Å². The van der Waals surface area contributed by atoms with Crippen LogP contribution in [0.3, 0.4) is 0 Å². The van der Waals surface area contributed by atoms with Crippen LogP contribution in [0.1, 0.15) is 21.5 Å². The van der Waals surface area contributed by atoms with Gasteiger partial charge in [-0.05, 0) is 37.6 Å². The number of nitrogens with zero attached hydrogens (tertiary/aromatic N) is 2. The van der Waals surface area contributed by atoms with Crippen molar-refractivity contribution >= 4 is 44.2 Å². The molecule has 3 aromatic rings. The van der Waals surface area contributed by atoms with Gasteiger partial charge >= 0.3 is 0 Å². The highest BCUT2D eigenvalue weighted by Crippen LogP contribution is 2.33. The van der Waals surface area contributed by atoms with Crippen molar-refractivity contribution in [3.8, 4) is 0 Å². The number of quaternary nitrogens is 1. The molecule has 0 bridgehead atoms. The quantitative estimate of drug-likeness (QED) is 0.727. The highest BCUT2D eigenvalue weighted by molar-refractivity contribution is 7.22. The van der Waals surface area contributed by atoms with Crippen molar-refractivity contribution in [3.63, 3.8) is 0 Å². The van der Waals surface area contributed by atoms with Gasteiger partial charge in [-0.2, -0.15) is 0 Å². The molecule has 1 heterocycles. The molecule has 0 radical (unpaired) electrons. The predicted molar refractivity (Wildman–Crippen MR) is 110 cm³/mol. The number of aryl methyl sites for hydroxylation is 2. The first kappa shape index (κ1) is 18.8. The van der Waals surface area contributed by atoms with Gasteiger partial charge in [0.15, 0.2) is 5.13 Å². The lowest BCUT2D eigenvalue weighted by Gasteiger charge is -2.21. The van der Waals surface area contributed by atoms with E-state index in [0.29, 0.717) is 16.7 Å². The third-order valence-electron chi connectivity index (χ3n) is 4.29. The summed E-state index contributed by atoms with van der Waals surface area (Å²) in [6.07, 6.45) is 0. The summed E-state index contributed by atoms with van der Waals surface area (Å²) in [4.78, 5) is 21.1. The maximum absolute atomic E-state index is 13.3. The molecule has 0 saturated carbocycles. The smallest absolute Gasteiger partial charge is 0.260 e. The Morgan fingerprint density at radius 3 is 2.69 bits per heavy atom. The maximum atomic E-state index is 13.3. The average molecular weight is 389 g/mol. The molecule has 0 saturated heterocycles. The second-order valence-electron chi connectivity index (χ2n) is 6.82. The van der Waals surface area contributed by atoms with Gasteiger partial charge in [0.25, 0.3) is 5.91 Å². The minimum absolute atomic E-state index is 0.0115. The van der Waals surface area contributed by atoms with E-state index in [1.165, 1.54) is 16.2 Å². The summed E-state index contributed by atoms with van der Waals surface area (Å²) >= 11 is 7.79. The predicted octanol–water partition coefficient (Wildman–Crippen LogP) is 3.36. The van der Waals surface area contributed by atoms with Crippen LogP contribution in [-0.4, -0.2) is 38.1 Å². The number of para-hydroxylation sites is 1. The molecular formula is C20H23ClN3OS+. The fourth-order valence-corrected chi connectivity index (χ4v) is 4.04. The molecule has 0 spiro atoms. The van der Waals surface area contributed by atoms with Gasteiger partial charge in [0.1, 0.15) is 5.52 Å². The van der Waals surface area contributed by atoms with Gasteiger partial charge in [0, 0.05) is 5.56 Å². The third-order valence-corrected chi connectivity index (χ3v) is 5.64. The first-order valence-electron chi connectivity index (χ1n) is 8.60. The summed E-state index contributed by atoms with van der Waals surface area (Å²) < 4.78 is 0.989. The van der Waals surface area contributed by atoms with Crippen LogP contribution in [0.25, 0.3) is 10.2 Å². The van der Waals surface area contributed by atoms with E-state index >= 15 is 0 Å². The molecule has 0 aliphatic rings. The number of fused-ring (bicyclic) bond motifs is 1. The van der Waals surface area contributed by atoms with Gasteiger partial charge < -0.3 is 4.90 Å². The summed E-state index contributed by atoms with van der Waals surface area (Å²) in [5.74, 6) is -0.0115. The highest BCUT2D eigenvalue weighted by atomic mass is 35.5. The van der Waals surface area contributed by atoms with Gasteiger partial charge in [-0.15, -0.1) is 0 Å².